The Morgan fingerprint density at radius 2 is 2.18 bits per heavy atom. The fourth-order valence-corrected chi connectivity index (χ4v) is 2.37. The fourth-order valence-electron chi connectivity index (χ4n) is 1.35. The number of nitrogens with two attached hydrogens (primary N) is 1. The average Bonchev–Trinajstić information content (AvgIpc) is 2.62. The maximum atomic E-state index is 11.7. The molecule has 4 N–H and O–H groups in total. The molecule has 1 heterocycles. The Morgan fingerprint density at radius 3 is 2.65 bits per heavy atom. The molecule has 5 nitrogen and oxygen atoms in total. The lowest BCUT2D eigenvalue weighted by Crippen LogP contribution is -2.20. The number of rotatable bonds is 5. The van der Waals surface area contributed by atoms with E-state index in [1.165, 1.54) is 25.3 Å². The maximum Gasteiger partial charge on any atom is 0.256 e. The number of amides is 1. The number of carbonyl (C=O) groups excluding carboxylic acids is 2. The molecule has 6 heteroatoms. The molecule has 0 saturated heterocycles. The highest BCUT2D eigenvalue weighted by Gasteiger charge is 2.22. The zero-order valence-corrected chi connectivity index (χ0v) is 10.6. The molecular weight excluding hydrogens is 238 g/mol. The van der Waals surface area contributed by atoms with Crippen molar-refractivity contribution in [2.24, 2.45) is 0 Å². The van der Waals surface area contributed by atoms with Crippen LogP contribution in [0.2, 0.25) is 0 Å². The van der Waals surface area contributed by atoms with E-state index in [0.29, 0.717) is 22.0 Å². The van der Waals surface area contributed by atoms with E-state index in [-0.39, 0.29) is 17.4 Å². The van der Waals surface area contributed by atoms with Crippen molar-refractivity contribution in [2.75, 3.05) is 24.6 Å². The minimum atomic E-state index is -0.308. The summed E-state index contributed by atoms with van der Waals surface area (Å²) < 4.78 is 0. The summed E-state index contributed by atoms with van der Waals surface area (Å²) in [5.41, 5.74) is 6.37. The van der Waals surface area contributed by atoms with Gasteiger partial charge in [0, 0.05) is 20.5 Å². The van der Waals surface area contributed by atoms with E-state index in [4.69, 9.17) is 5.73 Å². The molecule has 0 aliphatic rings. The summed E-state index contributed by atoms with van der Waals surface area (Å²) in [6.45, 7) is 5.50. The van der Waals surface area contributed by atoms with Crippen LogP contribution in [0, 0.1) is 0 Å². The first kappa shape index (κ1) is 13.2. The Morgan fingerprint density at radius 1 is 1.53 bits per heavy atom. The molecule has 0 aliphatic carbocycles. The van der Waals surface area contributed by atoms with E-state index in [9.17, 15) is 9.59 Å². The van der Waals surface area contributed by atoms with Gasteiger partial charge in [0.05, 0.1) is 16.1 Å². The molecule has 0 bridgehead atoms. The van der Waals surface area contributed by atoms with Crippen LogP contribution in [0.1, 0.15) is 27.0 Å². The molecule has 1 amide bonds. The fraction of sp³-hybridized carbons (Fsp3) is 0.273. The molecule has 0 unspecified atom stereocenters. The lowest BCUT2D eigenvalue weighted by molar-refractivity contribution is 0.0965. The van der Waals surface area contributed by atoms with Gasteiger partial charge in [-0.1, -0.05) is 6.08 Å². The summed E-state index contributed by atoms with van der Waals surface area (Å²) in [5, 5.41) is 6.09. The summed E-state index contributed by atoms with van der Waals surface area (Å²) in [5.74, 6) is -0.456. The highest BCUT2D eigenvalue weighted by molar-refractivity contribution is 7.19. The number of hydrogen-bond donors (Lipinski definition) is 3. The van der Waals surface area contributed by atoms with Gasteiger partial charge in [0.2, 0.25) is 0 Å². The van der Waals surface area contributed by atoms with Crippen LogP contribution in [0.5, 0.6) is 0 Å². The van der Waals surface area contributed by atoms with Gasteiger partial charge in [0.1, 0.15) is 5.00 Å². The number of ketones is 1. The van der Waals surface area contributed by atoms with Crippen molar-refractivity contribution in [3.05, 3.63) is 23.1 Å². The smallest absolute Gasteiger partial charge is 0.256 e. The first-order chi connectivity index (χ1) is 8.02. The van der Waals surface area contributed by atoms with Gasteiger partial charge in [-0.2, -0.15) is 0 Å². The van der Waals surface area contributed by atoms with Gasteiger partial charge >= 0.3 is 0 Å². The van der Waals surface area contributed by atoms with E-state index in [1.807, 2.05) is 0 Å². The summed E-state index contributed by atoms with van der Waals surface area (Å²) in [6.07, 6.45) is 1.66. The molecule has 0 saturated carbocycles. The third-order valence-corrected chi connectivity index (χ3v) is 3.39. The Kier molecular flexibility index (Phi) is 4.28. The van der Waals surface area contributed by atoms with E-state index in [1.54, 1.807) is 6.08 Å². The van der Waals surface area contributed by atoms with Crippen molar-refractivity contribution in [1.29, 1.82) is 0 Å². The van der Waals surface area contributed by atoms with E-state index in [2.05, 4.69) is 17.2 Å². The van der Waals surface area contributed by atoms with E-state index in [0.717, 1.165) is 0 Å². The van der Waals surface area contributed by atoms with Crippen LogP contribution < -0.4 is 16.4 Å². The second kappa shape index (κ2) is 5.49. The lowest BCUT2D eigenvalue weighted by Gasteiger charge is -2.04. The topological polar surface area (TPSA) is 84.2 Å². The summed E-state index contributed by atoms with van der Waals surface area (Å²) in [6, 6.07) is 0. The second-order valence-corrected chi connectivity index (χ2v) is 4.37. The number of hydrogen-bond acceptors (Lipinski definition) is 5. The number of anilines is 2. The molecule has 1 rings (SSSR count). The van der Waals surface area contributed by atoms with Crippen LogP contribution in [0.3, 0.4) is 0 Å². The van der Waals surface area contributed by atoms with Crippen molar-refractivity contribution in [2.45, 2.75) is 6.92 Å². The standard InChI is InChI=1S/C11H15N3O2S/c1-4-5-14-11-7(10(16)13-3)8(12)9(17-11)6(2)15/h4,14H,1,5,12H2,2-3H3,(H,13,16). The van der Waals surface area contributed by atoms with Crippen LogP contribution in [-0.4, -0.2) is 25.3 Å². The third kappa shape index (κ3) is 2.65. The minimum absolute atomic E-state index is 0.149. The summed E-state index contributed by atoms with van der Waals surface area (Å²) in [4.78, 5) is 23.5. The molecule has 0 fully saturated rings. The first-order valence-corrected chi connectivity index (χ1v) is 5.84. The predicted molar refractivity (Wildman–Crippen MR) is 70.8 cm³/mol. The van der Waals surface area contributed by atoms with Crippen LogP contribution in [0.25, 0.3) is 0 Å². The molecule has 0 spiro atoms. The summed E-state index contributed by atoms with van der Waals surface area (Å²) >= 11 is 1.18. The molecule has 0 atom stereocenters. The molecular formula is C11H15N3O2S. The zero-order valence-electron chi connectivity index (χ0n) is 9.79. The quantitative estimate of drug-likeness (QED) is 0.548. The van der Waals surface area contributed by atoms with Gasteiger partial charge in [-0.25, -0.2) is 0 Å². The molecule has 0 aliphatic heterocycles. The van der Waals surface area contributed by atoms with Gasteiger partial charge in [0.15, 0.2) is 5.78 Å². The number of nitrogen functional groups attached to an aromatic ring is 1. The van der Waals surface area contributed by atoms with Crippen molar-refractivity contribution in [3.63, 3.8) is 0 Å². The van der Waals surface area contributed by atoms with Crippen molar-refractivity contribution >= 4 is 33.7 Å². The summed E-state index contributed by atoms with van der Waals surface area (Å²) in [7, 11) is 1.52. The molecule has 1 aromatic rings. The Labute approximate surface area is 104 Å². The molecule has 17 heavy (non-hydrogen) atoms. The predicted octanol–water partition coefficient (Wildman–Crippen LogP) is 1.49. The number of carbonyl (C=O) groups is 2. The van der Waals surface area contributed by atoms with Gasteiger partial charge in [-0.05, 0) is 0 Å². The SMILES string of the molecule is C=CCNc1sc(C(C)=O)c(N)c1C(=O)NC. The molecule has 92 valence electrons. The average molecular weight is 253 g/mol. The van der Waals surface area contributed by atoms with E-state index >= 15 is 0 Å². The van der Waals surface area contributed by atoms with Crippen molar-refractivity contribution in [1.82, 2.24) is 5.32 Å². The van der Waals surface area contributed by atoms with Crippen molar-refractivity contribution in [3.8, 4) is 0 Å². The third-order valence-electron chi connectivity index (χ3n) is 2.13. The van der Waals surface area contributed by atoms with Crippen LogP contribution in [0.4, 0.5) is 10.7 Å². The molecule has 0 aromatic carbocycles. The van der Waals surface area contributed by atoms with Gasteiger partial charge in [-0.3, -0.25) is 9.59 Å². The Hall–Kier alpha value is -1.82. The minimum Gasteiger partial charge on any atom is -0.397 e. The maximum absolute atomic E-state index is 11.7. The van der Waals surface area contributed by atoms with Crippen LogP contribution >= 0.6 is 11.3 Å². The largest absolute Gasteiger partial charge is 0.397 e. The van der Waals surface area contributed by atoms with Gasteiger partial charge in [0.25, 0.3) is 5.91 Å². The second-order valence-electron chi connectivity index (χ2n) is 3.35. The number of thiophene rings is 1. The highest BCUT2D eigenvalue weighted by Crippen LogP contribution is 2.35. The first-order valence-electron chi connectivity index (χ1n) is 5.03. The highest BCUT2D eigenvalue weighted by atomic mass is 32.1. The molecule has 0 radical (unpaired) electrons. The number of Topliss-reactive ketones (excluding diaryl/α,β-unsaturated/α-hetero) is 1. The lowest BCUT2D eigenvalue weighted by atomic mass is 10.2. The number of nitrogens with one attached hydrogen (secondary N) is 2. The van der Waals surface area contributed by atoms with Gasteiger partial charge < -0.3 is 16.4 Å². The zero-order chi connectivity index (χ0) is 13.0. The van der Waals surface area contributed by atoms with Crippen LogP contribution in [0.15, 0.2) is 12.7 Å². The monoisotopic (exact) mass is 253 g/mol. The van der Waals surface area contributed by atoms with Crippen LogP contribution in [-0.2, 0) is 0 Å². The van der Waals surface area contributed by atoms with E-state index < -0.39 is 0 Å². The Bertz CT molecular complexity index is 466. The normalized spacial score (nSPS) is 9.76. The van der Waals surface area contributed by atoms with Gasteiger partial charge in [-0.15, -0.1) is 17.9 Å². The Balaban J connectivity index is 3.26. The molecule has 1 aromatic heterocycles. The van der Waals surface area contributed by atoms with Crippen molar-refractivity contribution < 1.29 is 9.59 Å².